The van der Waals surface area contributed by atoms with Gasteiger partial charge in [0.25, 0.3) is 22.3 Å². The van der Waals surface area contributed by atoms with Gasteiger partial charge in [0.2, 0.25) is 5.91 Å². The van der Waals surface area contributed by atoms with Gasteiger partial charge < -0.3 is 63.3 Å². The molecule has 4 N–H and O–H groups in total. The van der Waals surface area contributed by atoms with E-state index < -0.39 is 11.9 Å². The summed E-state index contributed by atoms with van der Waals surface area (Å²) in [6.07, 6.45) is 12.1. The number of methoxy groups -OCH3 is 2. The Labute approximate surface area is 676 Å². The van der Waals surface area contributed by atoms with Crippen molar-refractivity contribution in [3.63, 3.8) is 0 Å². The molecule has 3 amide bonds. The number of esters is 6. The summed E-state index contributed by atoms with van der Waals surface area (Å²) in [5.74, 6) is -1.06. The molecule has 6 aromatic rings. The minimum atomic E-state index is -0.478. The average Bonchev–Trinajstić information content (AvgIpc) is 0.843. The van der Waals surface area contributed by atoms with E-state index in [0.29, 0.717) is 87.3 Å². The Morgan fingerprint density at radius 3 is 0.940 bits per heavy atom. The van der Waals surface area contributed by atoms with Crippen LogP contribution in [0.4, 0.5) is 17.1 Å². The lowest BCUT2D eigenvalue weighted by atomic mass is 10.1. The van der Waals surface area contributed by atoms with Crippen LogP contribution in [0, 0.1) is 33.2 Å². The summed E-state index contributed by atoms with van der Waals surface area (Å²) in [5.41, 5.74) is 48.7. The van der Waals surface area contributed by atoms with Gasteiger partial charge >= 0.3 is 35.8 Å². The van der Waals surface area contributed by atoms with Gasteiger partial charge in [-0.1, -0.05) is 108 Å². The van der Waals surface area contributed by atoms with Gasteiger partial charge in [-0.25, -0.2) is 19.2 Å². The molecule has 6 aromatic carbocycles. The molecule has 0 aliphatic heterocycles. The van der Waals surface area contributed by atoms with Crippen LogP contribution in [0.25, 0.3) is 52.2 Å². The molecular weight excluding hydrogens is 1520 g/mol. The standard InChI is InChI=1S/C18H18N2O4.C17H15NO4.2C14H18O3.2C8H14O3.2N6.HN3/c1-11-4-6-14(7-5-11)18(23)20-16-9-8-15(24-13(3)22)10-17(16)19-12(2)21;1-11-3-5-13(6-4-11)17(21)18-16-8-7-15(22-12(2)20)9-14(16)10-19;2*1-3-14(15)17-11-5-4-10-16-13-8-6-12(2)7-9-13;2*1-3-8(9)11-7-5-4-6-10-2;2*1-3-5-6-4-2;1-3-2/h4-10H,1-3H3,(H,19,21)(H,20,23);3-10H,1-2H3,(H,18,21);2*3,6-9H,1,4-5,10-11H2,2H3;2*3H,1,4-7H2,2H3;;;1H. The number of aldehydes is 1. The minimum absolute atomic E-state index is 0.235. The van der Waals surface area contributed by atoms with Crippen molar-refractivity contribution in [1.82, 2.24) is 0 Å². The smallest absolute Gasteiger partial charge is 0.330 e. The number of rotatable bonds is 36. The zero-order chi connectivity index (χ0) is 88.2. The van der Waals surface area contributed by atoms with Gasteiger partial charge in [-0.05, 0) is 168 Å². The van der Waals surface area contributed by atoms with E-state index in [2.05, 4.69) is 82.8 Å². The van der Waals surface area contributed by atoms with Crippen LogP contribution in [0.5, 0.6) is 23.0 Å². The molecule has 0 atom stereocenters. The molecule has 6 rings (SSSR count). The number of carbonyl (C=O) groups excluding carboxylic acids is 10. The van der Waals surface area contributed by atoms with E-state index in [-0.39, 0.29) is 58.7 Å². The molecule has 0 heterocycles. The van der Waals surface area contributed by atoms with Crippen molar-refractivity contribution in [3.05, 3.63) is 275 Å². The number of nitrogens with zero attached hydrogens (tertiary/aromatic N) is 14. The number of nitrogens with one attached hydrogen (secondary N) is 4. The lowest BCUT2D eigenvalue weighted by Gasteiger charge is -2.13. The van der Waals surface area contributed by atoms with E-state index in [1.807, 2.05) is 100 Å². The van der Waals surface area contributed by atoms with Crippen molar-refractivity contribution in [1.29, 1.82) is 5.53 Å². The van der Waals surface area contributed by atoms with Crippen molar-refractivity contribution in [2.75, 3.05) is 83.0 Å². The third-order valence-electron chi connectivity index (χ3n) is 13.1. The molecule has 0 fully saturated rings. The zero-order valence-corrected chi connectivity index (χ0v) is 66.7. The van der Waals surface area contributed by atoms with Crippen LogP contribution in [-0.2, 0) is 62.0 Å². The van der Waals surface area contributed by atoms with Crippen molar-refractivity contribution >= 4 is 76.9 Å². The molecule has 0 bridgehead atoms. The predicted octanol–water partition coefficient (Wildman–Crippen LogP) is 18.1. The number of carbonyl (C=O) groups is 10. The second kappa shape index (κ2) is 71.6. The van der Waals surface area contributed by atoms with Gasteiger partial charge in [0, 0.05) is 105 Å². The molecule has 0 aliphatic carbocycles. The van der Waals surface area contributed by atoms with E-state index in [4.69, 9.17) is 80.6 Å². The molecule has 0 saturated heterocycles. The molecule has 0 unspecified atom stereocenters. The number of amides is 3. The van der Waals surface area contributed by atoms with Crippen LogP contribution in [0.1, 0.15) is 125 Å². The normalized spacial score (nSPS) is 9.00. The summed E-state index contributed by atoms with van der Waals surface area (Å²) in [5, 5.41) is 17.9. The van der Waals surface area contributed by atoms with E-state index >= 15 is 0 Å². The molecule has 0 spiro atoms. The number of aryl methyl sites for hydroxylation is 4. The summed E-state index contributed by atoms with van der Waals surface area (Å²) in [7, 11) is 3.30. The van der Waals surface area contributed by atoms with Gasteiger partial charge in [-0.2, -0.15) is 9.82 Å². The quantitative estimate of drug-likeness (QED) is 0.00271. The second-order valence-corrected chi connectivity index (χ2v) is 22.5. The summed E-state index contributed by atoms with van der Waals surface area (Å²) in [6.45, 7) is 29.5. The number of anilines is 3. The lowest BCUT2D eigenvalue weighted by Crippen LogP contribution is -2.15. The predicted molar refractivity (Wildman–Crippen MR) is 438 cm³/mol. The van der Waals surface area contributed by atoms with E-state index in [9.17, 15) is 47.9 Å². The molecule has 0 aliphatic rings. The first-order chi connectivity index (χ1) is 56.1. The lowest BCUT2D eigenvalue weighted by molar-refractivity contribution is -0.138. The Bertz CT molecular complexity index is 4120. The topological polar surface area (TPSA) is 554 Å². The molecule has 117 heavy (non-hydrogen) atoms. The van der Waals surface area contributed by atoms with E-state index in [0.717, 1.165) is 86.1 Å². The maximum absolute atomic E-state index is 12.3. The molecular formula is C79H98N18O20. The van der Waals surface area contributed by atoms with Crippen molar-refractivity contribution < 1.29 is 95.3 Å². The van der Waals surface area contributed by atoms with Crippen LogP contribution < -0.4 is 34.9 Å². The summed E-state index contributed by atoms with van der Waals surface area (Å²) >= 11 is 0. The van der Waals surface area contributed by atoms with Gasteiger partial charge in [0.15, 0.2) is 6.29 Å². The maximum Gasteiger partial charge on any atom is 0.330 e. The molecule has 0 radical (unpaired) electrons. The van der Waals surface area contributed by atoms with Crippen molar-refractivity contribution in [2.24, 2.45) is 20.9 Å². The molecule has 38 nitrogen and oxygen atoms in total. The second-order valence-electron chi connectivity index (χ2n) is 22.5. The monoisotopic (exact) mass is 1620 g/mol. The van der Waals surface area contributed by atoms with Crippen LogP contribution in [0.2, 0.25) is 0 Å². The van der Waals surface area contributed by atoms with Gasteiger partial charge in [-0.15, -0.1) is 16.6 Å². The van der Waals surface area contributed by atoms with Crippen LogP contribution >= 0.6 is 0 Å². The van der Waals surface area contributed by atoms with E-state index in [1.54, 1.807) is 49.5 Å². The Kier molecular flexibility index (Phi) is 65.1. The third-order valence-corrected chi connectivity index (χ3v) is 13.1. The van der Waals surface area contributed by atoms with Gasteiger partial charge in [0.1, 0.15) is 23.0 Å². The molecule has 0 saturated carbocycles. The summed E-state index contributed by atoms with van der Waals surface area (Å²) in [6, 6.07) is 39.1. The first kappa shape index (κ1) is 106. The third kappa shape index (κ3) is 61.6. The Balaban J connectivity index is -0.00000131. The fourth-order valence-corrected chi connectivity index (χ4v) is 7.69. The Morgan fingerprint density at radius 2 is 0.658 bits per heavy atom. The average molecular weight is 1620 g/mol. The first-order valence-electron chi connectivity index (χ1n) is 35.0. The summed E-state index contributed by atoms with van der Waals surface area (Å²) < 4.78 is 49.7. The highest BCUT2D eigenvalue weighted by Crippen LogP contribution is 2.28. The minimum Gasteiger partial charge on any atom is -0.494 e. The molecule has 0 aromatic heterocycles. The van der Waals surface area contributed by atoms with Crippen LogP contribution in [-0.4, -0.2) is 127 Å². The van der Waals surface area contributed by atoms with Crippen molar-refractivity contribution in [3.8, 4) is 23.0 Å². The van der Waals surface area contributed by atoms with Crippen LogP contribution in [0.15, 0.2) is 205 Å². The first-order valence-corrected chi connectivity index (χ1v) is 35.0. The van der Waals surface area contributed by atoms with Crippen molar-refractivity contribution in [2.45, 2.75) is 99.8 Å². The number of ether oxygens (including phenoxy) is 10. The highest BCUT2D eigenvalue weighted by Gasteiger charge is 2.14. The number of benzene rings is 6. The zero-order valence-electron chi connectivity index (χ0n) is 66.7. The van der Waals surface area contributed by atoms with Crippen LogP contribution in [0.3, 0.4) is 0 Å². The van der Waals surface area contributed by atoms with Gasteiger partial charge in [0.05, 0.1) is 67.1 Å². The number of azide groups is 4. The Hall–Kier alpha value is -14.7. The van der Waals surface area contributed by atoms with Gasteiger partial charge in [-0.3, -0.25) is 28.8 Å². The maximum atomic E-state index is 12.3. The SMILES string of the molecule is C=CC(=O)OCCCCOC.C=CC(=O)OCCCCOC.C=CC(=O)OCCCCOc1ccc(C)cc1.C=CC(=O)OCCCCOc1ccc(C)cc1.CC(=O)Nc1cc(OC(C)=O)ccc1NC(=O)c1ccc(C)cc1.CC(=O)Oc1ccc(NC(=O)c2ccc(C)cc2)c(C=O)c1.[N-]=[N+]=N.[N-]=[N+]=NN=[N+]=[N-].[N-]=[N+]=NN=[N+]=[N-]. The fourth-order valence-electron chi connectivity index (χ4n) is 7.69. The molecule has 38 heteroatoms. The molecule has 624 valence electrons. The number of hydrogen-bond donors (Lipinski definition) is 4. The largest absolute Gasteiger partial charge is 0.494 e. The number of unbranched alkanes of at least 4 members (excludes halogenated alkanes) is 4. The number of hydrogen-bond acceptors (Lipinski definition) is 21. The van der Waals surface area contributed by atoms with E-state index in [1.165, 1.54) is 74.4 Å². The fraction of sp³-hybridized carbons (Fsp3) is 0.316. The highest BCUT2D eigenvalue weighted by molar-refractivity contribution is 6.08. The highest BCUT2D eigenvalue weighted by atomic mass is 16.6. The Morgan fingerprint density at radius 1 is 0.385 bits per heavy atom. The summed E-state index contributed by atoms with van der Waals surface area (Å²) in [4.78, 5) is 122.